The number of rotatable bonds is 5. The van der Waals surface area contributed by atoms with Gasteiger partial charge >= 0.3 is 0 Å². The van der Waals surface area contributed by atoms with E-state index < -0.39 is 0 Å². The molecular weight excluding hydrogens is 234 g/mol. The van der Waals surface area contributed by atoms with Crippen molar-refractivity contribution in [3.05, 3.63) is 29.3 Å². The van der Waals surface area contributed by atoms with Gasteiger partial charge in [-0.1, -0.05) is 26.0 Å². The zero-order valence-electron chi connectivity index (χ0n) is 12.9. The SMILES string of the molecule is CNC(CCC(C)C)c1ccc2c(c1)CC(C)(C)O2. The van der Waals surface area contributed by atoms with E-state index in [1.807, 2.05) is 0 Å². The molecule has 0 bridgehead atoms. The van der Waals surface area contributed by atoms with E-state index in [-0.39, 0.29) is 5.60 Å². The molecule has 1 heterocycles. The molecule has 0 aromatic heterocycles. The van der Waals surface area contributed by atoms with Crippen molar-refractivity contribution in [1.82, 2.24) is 5.32 Å². The fourth-order valence-electron chi connectivity index (χ4n) is 2.82. The standard InChI is InChI=1S/C17H27NO/c1-12(2)6-8-15(18-5)13-7-9-16-14(10-13)11-17(3,4)19-16/h7,9-10,12,15,18H,6,8,11H2,1-5H3. The molecule has 1 aromatic carbocycles. The van der Waals surface area contributed by atoms with Crippen LogP contribution >= 0.6 is 0 Å². The summed E-state index contributed by atoms with van der Waals surface area (Å²) in [6.07, 6.45) is 3.46. The molecule has 1 atom stereocenters. The number of hydrogen-bond acceptors (Lipinski definition) is 2. The molecule has 1 aliphatic rings. The second-order valence-corrected chi connectivity index (χ2v) is 6.72. The third-order valence-corrected chi connectivity index (χ3v) is 3.87. The van der Waals surface area contributed by atoms with E-state index in [4.69, 9.17) is 4.74 Å². The average molecular weight is 261 g/mol. The van der Waals surface area contributed by atoms with Crippen LogP contribution in [0.25, 0.3) is 0 Å². The van der Waals surface area contributed by atoms with Gasteiger partial charge in [-0.05, 0) is 56.8 Å². The number of benzene rings is 1. The molecule has 0 amide bonds. The normalized spacial score (nSPS) is 18.2. The summed E-state index contributed by atoms with van der Waals surface area (Å²) >= 11 is 0. The molecule has 0 radical (unpaired) electrons. The van der Waals surface area contributed by atoms with Gasteiger partial charge in [0, 0.05) is 12.5 Å². The molecule has 1 unspecified atom stereocenters. The Morgan fingerprint density at radius 1 is 1.26 bits per heavy atom. The fraction of sp³-hybridized carbons (Fsp3) is 0.647. The molecule has 19 heavy (non-hydrogen) atoms. The molecule has 0 saturated carbocycles. The molecule has 1 aromatic rings. The molecule has 2 rings (SSSR count). The Balaban J connectivity index is 2.13. The molecule has 0 saturated heterocycles. The number of fused-ring (bicyclic) bond motifs is 1. The maximum Gasteiger partial charge on any atom is 0.123 e. The molecule has 1 aliphatic heterocycles. The van der Waals surface area contributed by atoms with Gasteiger partial charge in [0.05, 0.1) is 0 Å². The Morgan fingerprint density at radius 2 is 2.00 bits per heavy atom. The first-order valence-electron chi connectivity index (χ1n) is 7.40. The Bertz CT molecular complexity index is 437. The summed E-state index contributed by atoms with van der Waals surface area (Å²) < 4.78 is 5.94. The van der Waals surface area contributed by atoms with Crippen LogP contribution in [0, 0.1) is 5.92 Å². The molecule has 2 heteroatoms. The number of hydrogen-bond donors (Lipinski definition) is 1. The van der Waals surface area contributed by atoms with Gasteiger partial charge in [0.15, 0.2) is 0 Å². The monoisotopic (exact) mass is 261 g/mol. The molecule has 1 N–H and O–H groups in total. The second kappa shape index (κ2) is 5.54. The lowest BCUT2D eigenvalue weighted by Gasteiger charge is -2.18. The van der Waals surface area contributed by atoms with Gasteiger partial charge in [-0.2, -0.15) is 0 Å². The maximum absolute atomic E-state index is 5.94. The summed E-state index contributed by atoms with van der Waals surface area (Å²) in [5.74, 6) is 1.82. The molecule has 106 valence electrons. The van der Waals surface area contributed by atoms with Gasteiger partial charge in [-0.15, -0.1) is 0 Å². The highest BCUT2D eigenvalue weighted by molar-refractivity contribution is 5.42. The lowest BCUT2D eigenvalue weighted by Crippen LogP contribution is -2.24. The van der Waals surface area contributed by atoms with Gasteiger partial charge in [-0.25, -0.2) is 0 Å². The average Bonchev–Trinajstić information content (AvgIpc) is 2.62. The maximum atomic E-state index is 5.94. The summed E-state index contributed by atoms with van der Waals surface area (Å²) in [6, 6.07) is 7.13. The quantitative estimate of drug-likeness (QED) is 0.861. The van der Waals surface area contributed by atoms with Gasteiger partial charge < -0.3 is 10.1 Å². The fourth-order valence-corrected chi connectivity index (χ4v) is 2.82. The molecule has 0 spiro atoms. The van der Waals surface area contributed by atoms with E-state index in [1.165, 1.54) is 24.0 Å². The van der Waals surface area contributed by atoms with Crippen molar-refractivity contribution in [2.45, 2.75) is 58.6 Å². The number of nitrogens with one attached hydrogen (secondary N) is 1. The minimum atomic E-state index is -0.0476. The van der Waals surface area contributed by atoms with Gasteiger partial charge in [0.25, 0.3) is 0 Å². The second-order valence-electron chi connectivity index (χ2n) is 6.72. The van der Waals surface area contributed by atoms with Crippen LogP contribution in [0.15, 0.2) is 18.2 Å². The predicted molar refractivity (Wildman–Crippen MR) is 80.7 cm³/mol. The van der Waals surface area contributed by atoms with Gasteiger partial charge in [0.1, 0.15) is 11.4 Å². The van der Waals surface area contributed by atoms with E-state index in [9.17, 15) is 0 Å². The van der Waals surface area contributed by atoms with Crippen molar-refractivity contribution in [3.63, 3.8) is 0 Å². The Labute approximate surface area is 117 Å². The van der Waals surface area contributed by atoms with Crippen LogP contribution in [0.5, 0.6) is 5.75 Å². The minimum Gasteiger partial charge on any atom is -0.487 e. The van der Waals surface area contributed by atoms with Crippen LogP contribution < -0.4 is 10.1 Å². The van der Waals surface area contributed by atoms with Crippen LogP contribution in [0.2, 0.25) is 0 Å². The lowest BCUT2D eigenvalue weighted by molar-refractivity contribution is 0.138. The predicted octanol–water partition coefficient (Wildman–Crippen LogP) is 4.10. The van der Waals surface area contributed by atoms with Crippen LogP contribution in [0.4, 0.5) is 0 Å². The van der Waals surface area contributed by atoms with Crippen molar-refractivity contribution in [2.24, 2.45) is 5.92 Å². The van der Waals surface area contributed by atoms with Crippen molar-refractivity contribution < 1.29 is 4.74 Å². The zero-order valence-corrected chi connectivity index (χ0v) is 12.9. The third-order valence-electron chi connectivity index (χ3n) is 3.87. The van der Waals surface area contributed by atoms with Crippen LogP contribution in [-0.2, 0) is 6.42 Å². The van der Waals surface area contributed by atoms with Crippen molar-refractivity contribution in [3.8, 4) is 5.75 Å². The lowest BCUT2D eigenvalue weighted by atomic mass is 9.94. The highest BCUT2D eigenvalue weighted by atomic mass is 16.5. The highest BCUT2D eigenvalue weighted by Gasteiger charge is 2.30. The topological polar surface area (TPSA) is 21.3 Å². The largest absolute Gasteiger partial charge is 0.487 e. The summed E-state index contributed by atoms with van der Waals surface area (Å²) in [4.78, 5) is 0. The van der Waals surface area contributed by atoms with Gasteiger partial charge in [-0.3, -0.25) is 0 Å². The zero-order chi connectivity index (χ0) is 14.0. The highest BCUT2D eigenvalue weighted by Crippen LogP contribution is 2.36. The Morgan fingerprint density at radius 3 is 2.63 bits per heavy atom. The minimum absolute atomic E-state index is 0.0476. The van der Waals surface area contributed by atoms with E-state index in [2.05, 4.69) is 58.3 Å². The van der Waals surface area contributed by atoms with Gasteiger partial charge in [0.2, 0.25) is 0 Å². The Kier molecular flexibility index (Phi) is 4.19. The smallest absolute Gasteiger partial charge is 0.123 e. The molecule has 0 aliphatic carbocycles. The van der Waals surface area contributed by atoms with E-state index in [1.54, 1.807) is 0 Å². The van der Waals surface area contributed by atoms with Crippen LogP contribution in [-0.4, -0.2) is 12.6 Å². The summed E-state index contributed by atoms with van der Waals surface area (Å²) in [5.41, 5.74) is 2.70. The van der Waals surface area contributed by atoms with Crippen molar-refractivity contribution >= 4 is 0 Å². The number of ether oxygens (including phenoxy) is 1. The first-order chi connectivity index (χ1) is 8.91. The summed E-state index contributed by atoms with van der Waals surface area (Å²) in [7, 11) is 2.05. The van der Waals surface area contributed by atoms with Crippen molar-refractivity contribution in [2.75, 3.05) is 7.05 Å². The van der Waals surface area contributed by atoms with Crippen molar-refractivity contribution in [1.29, 1.82) is 0 Å². The Hall–Kier alpha value is -1.02. The summed E-state index contributed by atoms with van der Waals surface area (Å²) in [5, 5.41) is 3.44. The van der Waals surface area contributed by atoms with Crippen LogP contribution in [0.3, 0.4) is 0 Å². The molecule has 2 nitrogen and oxygen atoms in total. The van der Waals surface area contributed by atoms with Crippen LogP contribution in [0.1, 0.15) is 57.7 Å². The first-order valence-corrected chi connectivity index (χ1v) is 7.40. The third kappa shape index (κ3) is 3.50. The first kappa shape index (κ1) is 14.4. The molecular formula is C17H27NO. The van der Waals surface area contributed by atoms with E-state index >= 15 is 0 Å². The summed E-state index contributed by atoms with van der Waals surface area (Å²) in [6.45, 7) is 8.87. The van der Waals surface area contributed by atoms with E-state index in [0.717, 1.165) is 18.1 Å². The molecule has 0 fully saturated rings. The van der Waals surface area contributed by atoms with E-state index in [0.29, 0.717) is 6.04 Å².